The lowest BCUT2D eigenvalue weighted by Crippen LogP contribution is -2.33. The topological polar surface area (TPSA) is 103 Å². The average Bonchev–Trinajstić information content (AvgIpc) is 2.76. The van der Waals surface area contributed by atoms with Gasteiger partial charge in [-0.05, 0) is 36.2 Å². The molecule has 0 bridgehead atoms. The van der Waals surface area contributed by atoms with E-state index in [4.69, 9.17) is 15.2 Å². The molecule has 2 aromatic heterocycles. The van der Waals surface area contributed by atoms with Crippen molar-refractivity contribution in [3.63, 3.8) is 0 Å². The monoisotopic (exact) mass is 400 g/mol. The minimum atomic E-state index is -0.627. The second-order valence-corrected chi connectivity index (χ2v) is 7.01. The minimum Gasteiger partial charge on any atom is -0.497 e. The Balaban J connectivity index is 1.90. The number of benzene rings is 1. The summed E-state index contributed by atoms with van der Waals surface area (Å²) in [7, 11) is 1.58. The van der Waals surface area contributed by atoms with E-state index in [1.807, 2.05) is 31.2 Å². The molecule has 2 N–H and O–H groups in total. The maximum Gasteiger partial charge on any atom is 0.259 e. The maximum atomic E-state index is 13.6. The smallest absolute Gasteiger partial charge is 0.259 e. The SMILES string of the molecule is COc1ccc([C@H]2C(C#N)=C(N)Oc3cc(C)n(Cc4cccnc4)c(=O)c32)cc1. The lowest BCUT2D eigenvalue weighted by atomic mass is 9.84. The van der Waals surface area contributed by atoms with Gasteiger partial charge in [0.25, 0.3) is 5.56 Å². The Morgan fingerprint density at radius 2 is 2.07 bits per heavy atom. The summed E-state index contributed by atoms with van der Waals surface area (Å²) >= 11 is 0. The number of hydrogen-bond donors (Lipinski definition) is 1. The Morgan fingerprint density at radius 1 is 1.30 bits per heavy atom. The first-order valence-corrected chi connectivity index (χ1v) is 9.38. The van der Waals surface area contributed by atoms with Crippen LogP contribution in [-0.4, -0.2) is 16.7 Å². The molecule has 0 amide bonds. The quantitative estimate of drug-likeness (QED) is 0.722. The summed E-state index contributed by atoms with van der Waals surface area (Å²) in [5.74, 6) is 0.434. The highest BCUT2D eigenvalue weighted by Gasteiger charge is 2.34. The van der Waals surface area contributed by atoms with Crippen molar-refractivity contribution in [2.24, 2.45) is 5.73 Å². The summed E-state index contributed by atoms with van der Waals surface area (Å²) in [6.45, 7) is 2.20. The molecule has 30 heavy (non-hydrogen) atoms. The normalized spacial score (nSPS) is 15.2. The maximum absolute atomic E-state index is 13.6. The molecule has 7 nitrogen and oxygen atoms in total. The van der Waals surface area contributed by atoms with Gasteiger partial charge in [0.05, 0.1) is 25.1 Å². The summed E-state index contributed by atoms with van der Waals surface area (Å²) < 4.78 is 12.6. The van der Waals surface area contributed by atoms with Crippen molar-refractivity contribution in [1.82, 2.24) is 9.55 Å². The van der Waals surface area contributed by atoms with Crippen LogP contribution in [0.2, 0.25) is 0 Å². The number of pyridine rings is 2. The molecule has 0 radical (unpaired) electrons. The number of nitrogens with zero attached hydrogens (tertiary/aromatic N) is 3. The molecule has 3 heterocycles. The van der Waals surface area contributed by atoms with E-state index in [2.05, 4.69) is 11.1 Å². The highest BCUT2D eigenvalue weighted by molar-refractivity contribution is 5.55. The molecule has 1 aromatic carbocycles. The number of methoxy groups -OCH3 is 1. The van der Waals surface area contributed by atoms with E-state index in [9.17, 15) is 10.1 Å². The van der Waals surface area contributed by atoms with Gasteiger partial charge in [0.2, 0.25) is 5.88 Å². The Labute approximate surface area is 173 Å². The van der Waals surface area contributed by atoms with Crippen molar-refractivity contribution in [3.05, 3.63) is 99.1 Å². The summed E-state index contributed by atoms with van der Waals surface area (Å²) in [4.78, 5) is 17.7. The van der Waals surface area contributed by atoms with Crippen molar-refractivity contribution >= 4 is 0 Å². The molecular weight excluding hydrogens is 380 g/mol. The number of hydrogen-bond acceptors (Lipinski definition) is 6. The molecule has 1 aliphatic rings. The van der Waals surface area contributed by atoms with Crippen LogP contribution in [0.1, 0.15) is 28.3 Å². The molecule has 150 valence electrons. The fourth-order valence-electron chi connectivity index (χ4n) is 3.69. The van der Waals surface area contributed by atoms with E-state index in [0.29, 0.717) is 23.6 Å². The predicted octanol–water partition coefficient (Wildman–Crippen LogP) is 2.83. The van der Waals surface area contributed by atoms with Crippen molar-refractivity contribution in [1.29, 1.82) is 5.26 Å². The number of allylic oxidation sites excluding steroid dienone is 1. The number of aryl methyl sites for hydroxylation is 1. The minimum absolute atomic E-state index is 0.00891. The van der Waals surface area contributed by atoms with Crippen molar-refractivity contribution in [2.45, 2.75) is 19.4 Å². The third-order valence-corrected chi connectivity index (χ3v) is 5.20. The van der Waals surface area contributed by atoms with Crippen LogP contribution < -0.4 is 20.8 Å². The van der Waals surface area contributed by atoms with Gasteiger partial charge in [-0.2, -0.15) is 5.26 Å². The van der Waals surface area contributed by atoms with Crippen LogP contribution in [0.15, 0.2) is 71.1 Å². The lowest BCUT2D eigenvalue weighted by molar-refractivity contribution is 0.388. The Kier molecular flexibility index (Phi) is 4.98. The first-order chi connectivity index (χ1) is 14.5. The van der Waals surface area contributed by atoms with E-state index in [-0.39, 0.29) is 17.0 Å². The van der Waals surface area contributed by atoms with Crippen LogP contribution in [-0.2, 0) is 6.54 Å². The van der Waals surface area contributed by atoms with E-state index < -0.39 is 5.92 Å². The fourth-order valence-corrected chi connectivity index (χ4v) is 3.69. The average molecular weight is 400 g/mol. The highest BCUT2D eigenvalue weighted by Crippen LogP contribution is 2.40. The largest absolute Gasteiger partial charge is 0.497 e. The second kappa shape index (κ2) is 7.76. The van der Waals surface area contributed by atoms with Crippen LogP contribution in [0.5, 0.6) is 11.5 Å². The van der Waals surface area contributed by atoms with Crippen LogP contribution >= 0.6 is 0 Å². The van der Waals surface area contributed by atoms with Gasteiger partial charge in [0, 0.05) is 24.2 Å². The summed E-state index contributed by atoms with van der Waals surface area (Å²) in [5.41, 5.74) is 8.80. The molecular formula is C23H20N4O3. The van der Waals surface area contributed by atoms with E-state index in [1.54, 1.807) is 42.3 Å². The lowest BCUT2D eigenvalue weighted by Gasteiger charge is -2.27. The highest BCUT2D eigenvalue weighted by atomic mass is 16.5. The van der Waals surface area contributed by atoms with Crippen LogP contribution in [0.3, 0.4) is 0 Å². The molecule has 0 unspecified atom stereocenters. The number of nitrogens with two attached hydrogens (primary N) is 1. The predicted molar refractivity (Wildman–Crippen MR) is 111 cm³/mol. The van der Waals surface area contributed by atoms with Crippen LogP contribution in [0.4, 0.5) is 0 Å². The summed E-state index contributed by atoms with van der Waals surface area (Å²) in [5, 5.41) is 9.76. The van der Waals surface area contributed by atoms with E-state index in [1.165, 1.54) is 0 Å². The molecule has 1 atom stereocenters. The summed E-state index contributed by atoms with van der Waals surface area (Å²) in [6.07, 6.45) is 3.41. The van der Waals surface area contributed by atoms with Crippen molar-refractivity contribution < 1.29 is 9.47 Å². The van der Waals surface area contributed by atoms with Gasteiger partial charge in [-0.15, -0.1) is 0 Å². The van der Waals surface area contributed by atoms with Gasteiger partial charge in [-0.25, -0.2) is 0 Å². The number of aromatic nitrogens is 2. The molecule has 1 aliphatic heterocycles. The van der Waals surface area contributed by atoms with Gasteiger partial charge < -0.3 is 19.8 Å². The Morgan fingerprint density at radius 3 is 2.70 bits per heavy atom. The van der Waals surface area contributed by atoms with Crippen molar-refractivity contribution in [3.8, 4) is 17.6 Å². The fraction of sp³-hybridized carbons (Fsp3) is 0.174. The molecule has 0 saturated carbocycles. The number of ether oxygens (including phenoxy) is 2. The zero-order valence-corrected chi connectivity index (χ0v) is 16.6. The molecule has 3 aromatic rings. The Hall–Kier alpha value is -4.05. The Bertz CT molecular complexity index is 1220. The molecule has 0 fully saturated rings. The zero-order valence-electron chi connectivity index (χ0n) is 16.6. The molecule has 0 aliphatic carbocycles. The van der Waals surface area contributed by atoms with E-state index in [0.717, 1.165) is 16.8 Å². The summed E-state index contributed by atoms with van der Waals surface area (Å²) in [6, 6.07) is 14.9. The number of rotatable bonds is 4. The number of nitriles is 1. The third kappa shape index (κ3) is 3.29. The van der Waals surface area contributed by atoms with Crippen LogP contribution in [0, 0.1) is 18.3 Å². The molecule has 0 saturated heterocycles. The molecule has 7 heteroatoms. The first kappa shape index (κ1) is 19.3. The van der Waals surface area contributed by atoms with E-state index >= 15 is 0 Å². The van der Waals surface area contributed by atoms with Gasteiger partial charge in [0.1, 0.15) is 23.1 Å². The van der Waals surface area contributed by atoms with Gasteiger partial charge >= 0.3 is 0 Å². The molecule has 0 spiro atoms. The van der Waals surface area contributed by atoms with Gasteiger partial charge in [-0.3, -0.25) is 9.78 Å². The standard InChI is InChI=1S/C23H20N4O3/c1-14-10-19-21(23(28)27(14)13-15-4-3-9-26-12-15)20(18(11-24)22(25)30-19)16-5-7-17(29-2)8-6-16/h3-10,12,20H,13,25H2,1-2H3/t20-/m0/s1. The van der Waals surface area contributed by atoms with Crippen molar-refractivity contribution in [2.75, 3.05) is 7.11 Å². The third-order valence-electron chi connectivity index (χ3n) is 5.20. The zero-order chi connectivity index (χ0) is 21.3. The van der Waals surface area contributed by atoms with Gasteiger partial charge in [0.15, 0.2) is 0 Å². The van der Waals surface area contributed by atoms with Crippen LogP contribution in [0.25, 0.3) is 0 Å². The second-order valence-electron chi connectivity index (χ2n) is 7.01. The number of fused-ring (bicyclic) bond motifs is 1. The van der Waals surface area contributed by atoms with Gasteiger partial charge in [-0.1, -0.05) is 18.2 Å². The molecule has 4 rings (SSSR count). The first-order valence-electron chi connectivity index (χ1n) is 9.38.